The molecule has 2 heterocycles. The van der Waals surface area contributed by atoms with Crippen LogP contribution in [0.2, 0.25) is 0 Å². The lowest BCUT2D eigenvalue weighted by atomic mass is 10.1. The number of hydrogen-bond acceptors (Lipinski definition) is 3. The lowest BCUT2D eigenvalue weighted by Crippen LogP contribution is -2.45. The number of carbonyl (C=O) groups is 1. The van der Waals surface area contributed by atoms with Crippen LogP contribution in [0.4, 0.5) is 0 Å². The smallest absolute Gasteiger partial charge is 0.245 e. The van der Waals surface area contributed by atoms with Crippen LogP contribution in [0.25, 0.3) is 0 Å². The Hall–Kier alpha value is -1.00. The second-order valence-electron chi connectivity index (χ2n) is 6.42. The van der Waals surface area contributed by atoms with Crippen molar-refractivity contribution in [2.75, 3.05) is 11.5 Å². The predicted octanol–water partition coefficient (Wildman–Crippen LogP) is 3.04. The van der Waals surface area contributed by atoms with Gasteiger partial charge in [0.05, 0.1) is 6.17 Å². The molecule has 3 atom stereocenters. The normalized spacial score (nSPS) is 29.6. The van der Waals surface area contributed by atoms with Crippen LogP contribution in [-0.4, -0.2) is 34.5 Å². The van der Waals surface area contributed by atoms with Crippen molar-refractivity contribution in [2.24, 2.45) is 5.92 Å². The van der Waals surface area contributed by atoms with Gasteiger partial charge < -0.3 is 4.90 Å². The number of rotatable bonds is 4. The molecule has 21 heavy (non-hydrogen) atoms. The van der Waals surface area contributed by atoms with Crippen LogP contribution in [0.5, 0.6) is 0 Å². The molecule has 3 rings (SSSR count). The molecular weight excluding hydrogens is 280 g/mol. The molecule has 0 radical (unpaired) electrons. The molecule has 2 aliphatic rings. The maximum Gasteiger partial charge on any atom is 0.245 e. The summed E-state index contributed by atoms with van der Waals surface area (Å²) in [6, 6.07) is 10.4. The van der Waals surface area contributed by atoms with E-state index >= 15 is 0 Å². The zero-order valence-electron chi connectivity index (χ0n) is 12.8. The SMILES string of the molecule is CC(C)CC1NC(c2ccccc2)C(=O)N1C1CCSC1. The van der Waals surface area contributed by atoms with Crippen LogP contribution >= 0.6 is 11.8 Å². The van der Waals surface area contributed by atoms with Crippen molar-refractivity contribution in [3.8, 4) is 0 Å². The van der Waals surface area contributed by atoms with E-state index in [2.05, 4.69) is 36.2 Å². The molecule has 0 aliphatic carbocycles. The number of carbonyl (C=O) groups excluding carboxylic acids is 1. The predicted molar refractivity (Wildman–Crippen MR) is 88.1 cm³/mol. The minimum absolute atomic E-state index is 0.166. The van der Waals surface area contributed by atoms with Gasteiger partial charge >= 0.3 is 0 Å². The Morgan fingerprint density at radius 2 is 2.10 bits per heavy atom. The Morgan fingerprint density at radius 3 is 2.71 bits per heavy atom. The van der Waals surface area contributed by atoms with Crippen molar-refractivity contribution in [2.45, 2.75) is 44.9 Å². The molecule has 0 saturated carbocycles. The van der Waals surface area contributed by atoms with Crippen LogP contribution in [0.3, 0.4) is 0 Å². The van der Waals surface area contributed by atoms with E-state index in [4.69, 9.17) is 0 Å². The highest BCUT2D eigenvalue weighted by molar-refractivity contribution is 7.99. The van der Waals surface area contributed by atoms with Gasteiger partial charge in [-0.3, -0.25) is 10.1 Å². The quantitative estimate of drug-likeness (QED) is 0.928. The third-order valence-corrected chi connectivity index (χ3v) is 5.47. The number of benzene rings is 1. The molecule has 2 saturated heterocycles. The van der Waals surface area contributed by atoms with Gasteiger partial charge in [0.2, 0.25) is 5.91 Å². The number of amides is 1. The molecule has 1 aromatic rings. The summed E-state index contributed by atoms with van der Waals surface area (Å²) in [5, 5.41) is 3.58. The monoisotopic (exact) mass is 304 g/mol. The van der Waals surface area contributed by atoms with Gasteiger partial charge in [-0.05, 0) is 30.1 Å². The van der Waals surface area contributed by atoms with E-state index < -0.39 is 0 Å². The van der Waals surface area contributed by atoms with Crippen molar-refractivity contribution in [3.63, 3.8) is 0 Å². The minimum Gasteiger partial charge on any atom is -0.322 e. The summed E-state index contributed by atoms with van der Waals surface area (Å²) in [7, 11) is 0. The fraction of sp³-hybridized carbons (Fsp3) is 0.588. The number of hydrogen-bond donors (Lipinski definition) is 1. The van der Waals surface area contributed by atoms with E-state index in [-0.39, 0.29) is 18.1 Å². The van der Waals surface area contributed by atoms with E-state index in [0.717, 1.165) is 24.2 Å². The van der Waals surface area contributed by atoms with Crippen molar-refractivity contribution >= 4 is 17.7 Å². The number of nitrogens with zero attached hydrogens (tertiary/aromatic N) is 1. The average molecular weight is 304 g/mol. The van der Waals surface area contributed by atoms with Crippen LogP contribution in [0, 0.1) is 5.92 Å². The first-order valence-corrected chi connectivity index (χ1v) is 9.03. The lowest BCUT2D eigenvalue weighted by molar-refractivity contribution is -0.132. The van der Waals surface area contributed by atoms with Gasteiger partial charge in [0, 0.05) is 11.8 Å². The van der Waals surface area contributed by atoms with Gasteiger partial charge in [-0.2, -0.15) is 11.8 Å². The molecule has 2 aliphatic heterocycles. The van der Waals surface area contributed by atoms with Gasteiger partial charge in [0.15, 0.2) is 0 Å². The molecule has 0 bridgehead atoms. The van der Waals surface area contributed by atoms with Crippen molar-refractivity contribution in [1.82, 2.24) is 10.2 Å². The van der Waals surface area contributed by atoms with E-state index in [1.54, 1.807) is 0 Å². The lowest BCUT2D eigenvalue weighted by Gasteiger charge is -2.30. The van der Waals surface area contributed by atoms with E-state index in [1.165, 1.54) is 5.75 Å². The summed E-state index contributed by atoms with van der Waals surface area (Å²) < 4.78 is 0. The summed E-state index contributed by atoms with van der Waals surface area (Å²) in [5.41, 5.74) is 1.09. The van der Waals surface area contributed by atoms with Gasteiger partial charge in [-0.15, -0.1) is 0 Å². The highest BCUT2D eigenvalue weighted by Crippen LogP contribution is 2.33. The topological polar surface area (TPSA) is 32.3 Å². The molecule has 1 aromatic carbocycles. The molecule has 114 valence electrons. The molecule has 2 fully saturated rings. The Kier molecular flexibility index (Phi) is 4.55. The minimum atomic E-state index is -0.166. The van der Waals surface area contributed by atoms with E-state index in [9.17, 15) is 4.79 Å². The van der Waals surface area contributed by atoms with Crippen LogP contribution in [0.15, 0.2) is 30.3 Å². The second-order valence-corrected chi connectivity index (χ2v) is 7.57. The Labute approximate surface area is 131 Å². The average Bonchev–Trinajstić information content (AvgIpc) is 3.07. The largest absolute Gasteiger partial charge is 0.322 e. The van der Waals surface area contributed by atoms with Crippen molar-refractivity contribution in [1.29, 1.82) is 0 Å². The van der Waals surface area contributed by atoms with E-state index in [0.29, 0.717) is 12.0 Å². The maximum atomic E-state index is 12.9. The molecule has 0 spiro atoms. The zero-order valence-corrected chi connectivity index (χ0v) is 13.6. The summed E-state index contributed by atoms with van der Waals surface area (Å²) in [6.45, 7) is 4.45. The highest BCUT2D eigenvalue weighted by atomic mass is 32.2. The summed E-state index contributed by atoms with van der Waals surface area (Å²) in [5.74, 6) is 3.11. The van der Waals surface area contributed by atoms with Gasteiger partial charge in [-0.1, -0.05) is 44.2 Å². The Bertz CT molecular complexity index is 485. The fourth-order valence-corrected chi connectivity index (χ4v) is 4.54. The van der Waals surface area contributed by atoms with Crippen LogP contribution in [-0.2, 0) is 4.79 Å². The third-order valence-electron chi connectivity index (χ3n) is 4.32. The van der Waals surface area contributed by atoms with Gasteiger partial charge in [0.25, 0.3) is 0 Å². The van der Waals surface area contributed by atoms with E-state index in [1.807, 2.05) is 30.0 Å². The highest BCUT2D eigenvalue weighted by Gasteiger charge is 2.43. The molecule has 0 aromatic heterocycles. The first-order chi connectivity index (χ1) is 10.2. The first kappa shape index (κ1) is 14.9. The molecule has 1 amide bonds. The molecule has 1 N–H and O–H groups in total. The van der Waals surface area contributed by atoms with Crippen molar-refractivity contribution in [3.05, 3.63) is 35.9 Å². The molecular formula is C17H24N2OS. The third kappa shape index (κ3) is 3.11. The molecule has 4 heteroatoms. The fourth-order valence-electron chi connectivity index (χ4n) is 3.33. The van der Waals surface area contributed by atoms with Gasteiger partial charge in [0.1, 0.15) is 6.04 Å². The second kappa shape index (κ2) is 6.41. The summed E-state index contributed by atoms with van der Waals surface area (Å²) >= 11 is 1.97. The number of nitrogens with one attached hydrogen (secondary N) is 1. The zero-order chi connectivity index (χ0) is 14.8. The van der Waals surface area contributed by atoms with Crippen LogP contribution < -0.4 is 5.32 Å². The molecule has 3 unspecified atom stereocenters. The van der Waals surface area contributed by atoms with Crippen molar-refractivity contribution < 1.29 is 4.79 Å². The van der Waals surface area contributed by atoms with Crippen LogP contribution in [0.1, 0.15) is 38.3 Å². The van der Waals surface area contributed by atoms with Gasteiger partial charge in [-0.25, -0.2) is 0 Å². The first-order valence-electron chi connectivity index (χ1n) is 7.87. The standard InChI is InChI=1S/C17H24N2OS/c1-12(2)10-15-18-16(13-6-4-3-5-7-13)17(20)19(15)14-8-9-21-11-14/h3-7,12,14-16,18H,8-11H2,1-2H3. The summed E-state index contributed by atoms with van der Waals surface area (Å²) in [6.07, 6.45) is 2.34. The Morgan fingerprint density at radius 1 is 1.33 bits per heavy atom. The number of thioether (sulfide) groups is 1. The summed E-state index contributed by atoms with van der Waals surface area (Å²) in [4.78, 5) is 15.1. The Balaban J connectivity index is 1.83. The maximum absolute atomic E-state index is 12.9. The molecule has 3 nitrogen and oxygen atoms in total.